The summed E-state index contributed by atoms with van der Waals surface area (Å²) in [7, 11) is 1.71. The van der Waals surface area contributed by atoms with E-state index >= 15 is 0 Å². The van der Waals surface area contributed by atoms with Crippen LogP contribution in [0, 0.1) is 0 Å². The molecule has 2 aromatic carbocycles. The van der Waals surface area contributed by atoms with Crippen LogP contribution in [-0.4, -0.2) is 30.5 Å². The highest BCUT2D eigenvalue weighted by molar-refractivity contribution is 6.42. The van der Waals surface area contributed by atoms with E-state index in [-0.39, 0.29) is 10.8 Å². The predicted octanol–water partition coefficient (Wildman–Crippen LogP) is 7.99. The zero-order valence-electron chi connectivity index (χ0n) is 21.2. The lowest BCUT2D eigenvalue weighted by Gasteiger charge is -2.26. The van der Waals surface area contributed by atoms with Crippen LogP contribution in [0.25, 0.3) is 0 Å². The number of hydrogen-bond acceptors (Lipinski definition) is 2. The van der Waals surface area contributed by atoms with E-state index in [1.54, 1.807) is 7.11 Å². The first-order chi connectivity index (χ1) is 16.6. The van der Waals surface area contributed by atoms with Crippen molar-refractivity contribution < 1.29 is 9.31 Å². The van der Waals surface area contributed by atoms with Gasteiger partial charge in [0.15, 0.2) is 12.3 Å². The fourth-order valence-electron chi connectivity index (χ4n) is 5.33. The highest BCUT2D eigenvalue weighted by Gasteiger charge is 2.44. The van der Waals surface area contributed by atoms with Gasteiger partial charge in [0.25, 0.3) is 0 Å². The highest BCUT2D eigenvalue weighted by atomic mass is 35.5. The lowest BCUT2D eigenvalue weighted by molar-refractivity contribution is -0.425. The smallest absolute Gasteiger partial charge is 0.210 e. The molecule has 3 nitrogen and oxygen atoms in total. The maximum atomic E-state index is 6.40. The topological polar surface area (TPSA) is 15.5 Å². The molecule has 35 heavy (non-hydrogen) atoms. The quantitative estimate of drug-likeness (QED) is 0.278. The Balaban J connectivity index is 1.79. The molecule has 0 bridgehead atoms. The Morgan fingerprint density at radius 2 is 1.69 bits per heavy atom. The fourth-order valence-corrected chi connectivity index (χ4v) is 5.65. The molecule has 2 heterocycles. The van der Waals surface area contributed by atoms with Crippen LogP contribution in [0.5, 0.6) is 5.75 Å². The number of fused-ring (bicyclic) bond motifs is 2. The van der Waals surface area contributed by atoms with E-state index in [1.165, 1.54) is 22.7 Å². The van der Waals surface area contributed by atoms with Gasteiger partial charge in [0.05, 0.1) is 22.6 Å². The van der Waals surface area contributed by atoms with E-state index in [4.69, 9.17) is 27.9 Å². The first-order valence-corrected chi connectivity index (χ1v) is 12.5. The summed E-state index contributed by atoms with van der Waals surface area (Å²) >= 11 is 12.8. The van der Waals surface area contributed by atoms with Crippen LogP contribution in [0.2, 0.25) is 10.0 Å². The molecular weight excluding hydrogens is 475 g/mol. The number of hydrogen-bond donors (Lipinski definition) is 0. The van der Waals surface area contributed by atoms with Gasteiger partial charge in [-0.15, -0.1) is 6.58 Å². The van der Waals surface area contributed by atoms with Crippen LogP contribution >= 0.6 is 23.2 Å². The summed E-state index contributed by atoms with van der Waals surface area (Å²) < 4.78 is 7.83. The van der Waals surface area contributed by atoms with Crippen molar-refractivity contribution in [2.24, 2.45) is 0 Å². The molecule has 0 unspecified atom stereocenters. The van der Waals surface area contributed by atoms with Crippen LogP contribution < -0.4 is 9.64 Å². The van der Waals surface area contributed by atoms with Crippen molar-refractivity contribution in [1.82, 2.24) is 0 Å². The summed E-state index contributed by atoms with van der Waals surface area (Å²) in [5, 5.41) is 1.13. The molecule has 0 aromatic heterocycles. The van der Waals surface area contributed by atoms with Gasteiger partial charge in [0.2, 0.25) is 5.69 Å². The Morgan fingerprint density at radius 3 is 2.34 bits per heavy atom. The predicted molar refractivity (Wildman–Crippen MR) is 150 cm³/mol. The molecular formula is C30H33Cl2N2O+. The number of rotatable bonds is 7. The standard InChI is InChI=1S/C30H33Cl2N2O/c1-8-15-33-25-14-13-20(35-7)17-21(25)29(3,4)27(33)11-10-12-28-30(5,6)22-18-23(31)24(32)19-26(22)34(28)16-9-2/h8-14,17-19H,1-2,15-16H2,3-7H3/q+1. The molecule has 0 saturated carbocycles. The lowest BCUT2D eigenvalue weighted by atomic mass is 9.81. The average Bonchev–Trinajstić information content (AvgIpc) is 3.14. The third kappa shape index (κ3) is 4.15. The van der Waals surface area contributed by atoms with E-state index in [1.807, 2.05) is 30.4 Å². The number of ether oxygens (including phenoxy) is 1. The van der Waals surface area contributed by atoms with Crippen molar-refractivity contribution in [3.8, 4) is 5.75 Å². The number of methoxy groups -OCH3 is 1. The minimum Gasteiger partial charge on any atom is -0.497 e. The Kier molecular flexibility index (Phi) is 6.78. The Labute approximate surface area is 219 Å². The van der Waals surface area contributed by atoms with Gasteiger partial charge in [-0.3, -0.25) is 0 Å². The molecule has 2 aliphatic heterocycles. The number of halogens is 2. The van der Waals surface area contributed by atoms with E-state index in [0.717, 1.165) is 23.5 Å². The minimum absolute atomic E-state index is 0.183. The van der Waals surface area contributed by atoms with Gasteiger partial charge in [0.1, 0.15) is 5.75 Å². The second-order valence-electron chi connectivity index (χ2n) is 10.0. The average molecular weight is 509 g/mol. The number of anilines is 1. The van der Waals surface area contributed by atoms with Crippen molar-refractivity contribution >= 4 is 40.3 Å². The van der Waals surface area contributed by atoms with Crippen LogP contribution in [0.15, 0.2) is 79.6 Å². The zero-order valence-corrected chi connectivity index (χ0v) is 22.7. The van der Waals surface area contributed by atoms with Crippen molar-refractivity contribution in [2.45, 2.75) is 38.5 Å². The van der Waals surface area contributed by atoms with E-state index < -0.39 is 0 Å². The van der Waals surface area contributed by atoms with Crippen molar-refractivity contribution in [3.05, 3.63) is 101 Å². The monoisotopic (exact) mass is 507 g/mol. The van der Waals surface area contributed by atoms with Gasteiger partial charge in [-0.1, -0.05) is 55.8 Å². The molecule has 0 saturated heterocycles. The Hall–Kier alpha value is -2.75. The lowest BCUT2D eigenvalue weighted by Crippen LogP contribution is -2.28. The molecule has 0 N–H and O–H groups in total. The summed E-state index contributed by atoms with van der Waals surface area (Å²) in [6.07, 6.45) is 10.4. The Bertz CT molecular complexity index is 1300. The summed E-state index contributed by atoms with van der Waals surface area (Å²) in [4.78, 5) is 2.26. The first kappa shape index (κ1) is 25.3. The van der Waals surface area contributed by atoms with E-state index in [9.17, 15) is 0 Å². The van der Waals surface area contributed by atoms with Crippen molar-refractivity contribution in [3.63, 3.8) is 0 Å². The second kappa shape index (κ2) is 9.37. The first-order valence-electron chi connectivity index (χ1n) is 11.8. The number of allylic oxidation sites excluding steroid dienone is 4. The van der Waals surface area contributed by atoms with E-state index in [0.29, 0.717) is 16.6 Å². The zero-order chi connectivity index (χ0) is 25.5. The second-order valence-corrected chi connectivity index (χ2v) is 10.8. The van der Waals surface area contributed by atoms with Gasteiger partial charge >= 0.3 is 0 Å². The molecule has 0 fully saturated rings. The summed E-state index contributed by atoms with van der Waals surface area (Å²) in [5.41, 5.74) is 6.65. The third-order valence-corrected chi connectivity index (χ3v) is 7.89. The summed E-state index contributed by atoms with van der Waals surface area (Å²) in [5.74, 6) is 0.866. The van der Waals surface area contributed by atoms with Crippen LogP contribution in [0.4, 0.5) is 11.4 Å². The molecule has 182 valence electrons. The maximum absolute atomic E-state index is 6.40. The molecule has 0 radical (unpaired) electrons. The number of benzene rings is 2. The van der Waals surface area contributed by atoms with E-state index in [2.05, 4.69) is 80.7 Å². The largest absolute Gasteiger partial charge is 0.497 e. The minimum atomic E-state index is -0.232. The summed E-state index contributed by atoms with van der Waals surface area (Å²) in [6, 6.07) is 10.2. The molecule has 2 aromatic rings. The highest BCUT2D eigenvalue weighted by Crippen LogP contribution is 2.50. The molecule has 0 atom stereocenters. The van der Waals surface area contributed by atoms with Crippen LogP contribution in [0.1, 0.15) is 38.8 Å². The van der Waals surface area contributed by atoms with Crippen molar-refractivity contribution in [1.29, 1.82) is 0 Å². The Morgan fingerprint density at radius 1 is 0.971 bits per heavy atom. The van der Waals surface area contributed by atoms with Gasteiger partial charge in [-0.2, -0.15) is 4.58 Å². The maximum Gasteiger partial charge on any atom is 0.210 e. The fraction of sp³-hybridized carbons (Fsp3) is 0.300. The molecule has 4 rings (SSSR count). The van der Waals surface area contributed by atoms with Gasteiger partial charge in [0, 0.05) is 41.1 Å². The van der Waals surface area contributed by atoms with Crippen LogP contribution in [-0.2, 0) is 10.8 Å². The van der Waals surface area contributed by atoms with Gasteiger partial charge < -0.3 is 9.64 Å². The van der Waals surface area contributed by atoms with Gasteiger partial charge in [-0.25, -0.2) is 0 Å². The summed E-state index contributed by atoms with van der Waals surface area (Å²) in [6.45, 7) is 18.3. The molecule has 2 aliphatic rings. The van der Waals surface area contributed by atoms with Crippen LogP contribution in [0.3, 0.4) is 0 Å². The molecule has 5 heteroatoms. The third-order valence-electron chi connectivity index (χ3n) is 7.16. The molecule has 0 amide bonds. The van der Waals surface area contributed by atoms with Gasteiger partial charge in [-0.05, 0) is 55.8 Å². The normalized spacial score (nSPS) is 18.8. The molecule has 0 spiro atoms. The number of nitrogens with zero attached hydrogens (tertiary/aromatic N) is 2. The SMILES string of the molecule is C=CCN1C(=CC=CC2=[N+](CC=C)c3ccc(OC)cc3C2(C)C)C(C)(C)c2cc(Cl)c(Cl)cc21. The van der Waals surface area contributed by atoms with Crippen molar-refractivity contribution in [2.75, 3.05) is 25.1 Å². The molecule has 0 aliphatic carbocycles.